The van der Waals surface area contributed by atoms with Crippen molar-refractivity contribution in [1.82, 2.24) is 0 Å². The second-order valence-corrected chi connectivity index (χ2v) is 2.37. The molecular formula is C7H7ClN2O. The number of azo groups is 1. The van der Waals surface area contributed by atoms with E-state index in [1.165, 1.54) is 13.1 Å². The number of hydrogen-bond acceptors (Lipinski definition) is 3. The Morgan fingerprint density at radius 3 is 2.82 bits per heavy atom. The van der Waals surface area contributed by atoms with E-state index in [1.54, 1.807) is 12.1 Å². The van der Waals surface area contributed by atoms with Gasteiger partial charge in [0.15, 0.2) is 0 Å². The standard InChI is InChI=1S/C7H7ClN2O/c1-9-10-6-4-5(8)2-3-7(6)11/h2-4,11H,1H3. The molecule has 0 heterocycles. The maximum absolute atomic E-state index is 9.15. The lowest BCUT2D eigenvalue weighted by Gasteiger charge is -1.96. The fourth-order valence-electron chi connectivity index (χ4n) is 0.684. The molecule has 3 nitrogen and oxygen atoms in total. The van der Waals surface area contributed by atoms with Crippen LogP contribution >= 0.6 is 11.6 Å². The summed E-state index contributed by atoms with van der Waals surface area (Å²) in [6.07, 6.45) is 0. The second-order valence-electron chi connectivity index (χ2n) is 1.93. The van der Waals surface area contributed by atoms with Gasteiger partial charge in [0.1, 0.15) is 11.4 Å². The summed E-state index contributed by atoms with van der Waals surface area (Å²) in [5, 5.41) is 16.9. The van der Waals surface area contributed by atoms with Crippen molar-refractivity contribution in [3.05, 3.63) is 23.2 Å². The molecule has 0 saturated heterocycles. The molecule has 1 aromatic carbocycles. The van der Waals surface area contributed by atoms with E-state index in [4.69, 9.17) is 16.7 Å². The summed E-state index contributed by atoms with van der Waals surface area (Å²) in [6, 6.07) is 4.61. The molecule has 4 heteroatoms. The normalized spacial score (nSPS) is 10.7. The minimum absolute atomic E-state index is 0.0833. The van der Waals surface area contributed by atoms with Crippen molar-refractivity contribution < 1.29 is 5.11 Å². The smallest absolute Gasteiger partial charge is 0.143 e. The number of halogens is 1. The molecule has 1 N–H and O–H groups in total. The molecule has 0 amide bonds. The third kappa shape index (κ3) is 1.91. The Labute approximate surface area is 69.3 Å². The largest absolute Gasteiger partial charge is 0.506 e. The van der Waals surface area contributed by atoms with Crippen LogP contribution in [0.4, 0.5) is 5.69 Å². The third-order valence-corrected chi connectivity index (χ3v) is 1.38. The van der Waals surface area contributed by atoms with Crippen molar-refractivity contribution >= 4 is 17.3 Å². The van der Waals surface area contributed by atoms with Crippen molar-refractivity contribution in [2.75, 3.05) is 7.05 Å². The van der Waals surface area contributed by atoms with Crippen molar-refractivity contribution in [2.24, 2.45) is 10.2 Å². The minimum Gasteiger partial charge on any atom is -0.506 e. The van der Waals surface area contributed by atoms with Crippen LogP contribution in [0.1, 0.15) is 0 Å². The Morgan fingerprint density at radius 1 is 1.45 bits per heavy atom. The summed E-state index contributed by atoms with van der Waals surface area (Å²) in [5.74, 6) is 0.0833. The van der Waals surface area contributed by atoms with E-state index in [0.717, 1.165) is 0 Å². The van der Waals surface area contributed by atoms with Gasteiger partial charge in [-0.1, -0.05) is 11.6 Å². The Kier molecular flexibility index (Phi) is 2.44. The lowest BCUT2D eigenvalue weighted by Crippen LogP contribution is -1.67. The van der Waals surface area contributed by atoms with Gasteiger partial charge in [-0.3, -0.25) is 0 Å². The zero-order valence-corrected chi connectivity index (χ0v) is 6.71. The molecule has 0 bridgehead atoms. The van der Waals surface area contributed by atoms with Crippen LogP contribution in [0.3, 0.4) is 0 Å². The van der Waals surface area contributed by atoms with E-state index in [9.17, 15) is 0 Å². The maximum atomic E-state index is 9.15. The van der Waals surface area contributed by atoms with Crippen LogP contribution in [0, 0.1) is 0 Å². The van der Waals surface area contributed by atoms with Crippen LogP contribution in [0.15, 0.2) is 28.4 Å². The maximum Gasteiger partial charge on any atom is 0.143 e. The lowest BCUT2D eigenvalue weighted by atomic mass is 10.3. The van der Waals surface area contributed by atoms with E-state index in [2.05, 4.69) is 10.2 Å². The Hall–Kier alpha value is -1.09. The van der Waals surface area contributed by atoms with Gasteiger partial charge in [-0.25, -0.2) is 0 Å². The van der Waals surface area contributed by atoms with Crippen molar-refractivity contribution in [1.29, 1.82) is 0 Å². The fourth-order valence-corrected chi connectivity index (χ4v) is 0.851. The zero-order chi connectivity index (χ0) is 8.27. The number of benzene rings is 1. The molecule has 0 unspecified atom stereocenters. The van der Waals surface area contributed by atoms with Crippen LogP contribution < -0.4 is 0 Å². The fraction of sp³-hybridized carbons (Fsp3) is 0.143. The van der Waals surface area contributed by atoms with Gasteiger partial charge in [-0.05, 0) is 18.2 Å². The highest BCUT2D eigenvalue weighted by Gasteiger charge is 1.98. The number of phenolic OH excluding ortho intramolecular Hbond substituents is 1. The molecule has 0 radical (unpaired) electrons. The van der Waals surface area contributed by atoms with E-state index < -0.39 is 0 Å². The Bertz CT molecular complexity index is 286. The Balaban J connectivity index is 3.12. The first-order valence-corrected chi connectivity index (χ1v) is 3.40. The van der Waals surface area contributed by atoms with E-state index in [0.29, 0.717) is 10.7 Å². The van der Waals surface area contributed by atoms with Crippen molar-refractivity contribution in [3.8, 4) is 5.75 Å². The number of hydrogen-bond donors (Lipinski definition) is 1. The molecule has 0 fully saturated rings. The molecule has 0 aliphatic rings. The predicted octanol–water partition coefficient (Wildman–Crippen LogP) is 2.76. The highest BCUT2D eigenvalue weighted by atomic mass is 35.5. The van der Waals surface area contributed by atoms with Crippen LogP contribution in [0.5, 0.6) is 5.75 Å². The van der Waals surface area contributed by atoms with Crippen LogP contribution in [0.25, 0.3) is 0 Å². The number of aromatic hydroxyl groups is 1. The highest BCUT2D eigenvalue weighted by Crippen LogP contribution is 2.29. The average molecular weight is 171 g/mol. The summed E-state index contributed by atoms with van der Waals surface area (Å²) in [4.78, 5) is 0. The monoisotopic (exact) mass is 170 g/mol. The van der Waals surface area contributed by atoms with E-state index >= 15 is 0 Å². The quantitative estimate of drug-likeness (QED) is 0.648. The Morgan fingerprint density at radius 2 is 2.18 bits per heavy atom. The summed E-state index contributed by atoms with van der Waals surface area (Å²) in [5.41, 5.74) is 0.389. The van der Waals surface area contributed by atoms with Crippen molar-refractivity contribution in [2.45, 2.75) is 0 Å². The van der Waals surface area contributed by atoms with Gasteiger partial charge in [0.25, 0.3) is 0 Å². The molecule has 0 atom stereocenters. The van der Waals surface area contributed by atoms with E-state index in [1.807, 2.05) is 0 Å². The molecule has 0 aliphatic heterocycles. The van der Waals surface area contributed by atoms with Gasteiger partial charge in [0, 0.05) is 12.1 Å². The molecule has 1 rings (SSSR count). The van der Waals surface area contributed by atoms with Crippen LogP contribution in [-0.4, -0.2) is 12.2 Å². The summed E-state index contributed by atoms with van der Waals surface area (Å²) >= 11 is 5.64. The topological polar surface area (TPSA) is 45.0 Å². The lowest BCUT2D eigenvalue weighted by molar-refractivity contribution is 0.476. The summed E-state index contributed by atoms with van der Waals surface area (Å²) < 4.78 is 0. The number of phenols is 1. The average Bonchev–Trinajstić information content (AvgIpc) is 1.98. The van der Waals surface area contributed by atoms with E-state index in [-0.39, 0.29) is 5.75 Å². The number of rotatable bonds is 1. The SMILES string of the molecule is CN=Nc1cc(Cl)ccc1O. The highest BCUT2D eigenvalue weighted by molar-refractivity contribution is 6.30. The first-order chi connectivity index (χ1) is 5.24. The van der Waals surface area contributed by atoms with Crippen LogP contribution in [-0.2, 0) is 0 Å². The molecular weight excluding hydrogens is 164 g/mol. The molecule has 0 aromatic heterocycles. The van der Waals surface area contributed by atoms with Gasteiger partial charge in [0.05, 0.1) is 0 Å². The molecule has 58 valence electrons. The van der Waals surface area contributed by atoms with Gasteiger partial charge in [-0.2, -0.15) is 10.2 Å². The first-order valence-electron chi connectivity index (χ1n) is 3.02. The van der Waals surface area contributed by atoms with Gasteiger partial charge in [-0.15, -0.1) is 0 Å². The predicted molar refractivity (Wildman–Crippen MR) is 43.6 cm³/mol. The molecule has 1 aromatic rings. The third-order valence-electron chi connectivity index (χ3n) is 1.15. The minimum atomic E-state index is 0.0833. The van der Waals surface area contributed by atoms with Crippen molar-refractivity contribution in [3.63, 3.8) is 0 Å². The molecule has 0 saturated carbocycles. The van der Waals surface area contributed by atoms with Gasteiger partial charge >= 0.3 is 0 Å². The van der Waals surface area contributed by atoms with Gasteiger partial charge < -0.3 is 5.11 Å². The molecule has 11 heavy (non-hydrogen) atoms. The first kappa shape index (κ1) is 8.01. The molecule has 0 aliphatic carbocycles. The summed E-state index contributed by atoms with van der Waals surface area (Å²) in [7, 11) is 1.53. The molecule has 0 spiro atoms. The van der Waals surface area contributed by atoms with Gasteiger partial charge in [0.2, 0.25) is 0 Å². The number of nitrogens with zero attached hydrogens (tertiary/aromatic N) is 2. The zero-order valence-electron chi connectivity index (χ0n) is 5.95. The summed E-state index contributed by atoms with van der Waals surface area (Å²) in [6.45, 7) is 0. The second kappa shape index (κ2) is 3.34. The van der Waals surface area contributed by atoms with Crippen LogP contribution in [0.2, 0.25) is 5.02 Å².